The predicted octanol–water partition coefficient (Wildman–Crippen LogP) is 7.43. The molecule has 69 heavy (non-hydrogen) atoms. The van der Waals surface area contributed by atoms with Gasteiger partial charge in [0.1, 0.15) is 55.4 Å². The summed E-state index contributed by atoms with van der Waals surface area (Å²) in [4.78, 5) is 25.8. The molecule has 0 radical (unpaired) electrons. The first-order chi connectivity index (χ1) is 33.5. The molecule has 0 amide bonds. The smallest absolute Gasteiger partial charge is 0.306 e. The van der Waals surface area contributed by atoms with E-state index in [4.69, 9.17) is 28.4 Å². The largest absolute Gasteiger partial charge is 0.462 e. The highest BCUT2D eigenvalue weighted by Gasteiger charge is 2.47. The van der Waals surface area contributed by atoms with Crippen molar-refractivity contribution in [3.05, 3.63) is 72.9 Å². The highest BCUT2D eigenvalue weighted by molar-refractivity contribution is 5.70. The maximum atomic E-state index is 13.0. The zero-order chi connectivity index (χ0) is 50.3. The molecule has 396 valence electrons. The van der Waals surface area contributed by atoms with Crippen molar-refractivity contribution in [2.75, 3.05) is 26.4 Å². The van der Waals surface area contributed by atoms with E-state index < -0.39 is 99.3 Å². The maximum Gasteiger partial charge on any atom is 0.306 e. The lowest BCUT2D eigenvalue weighted by Gasteiger charge is -2.42. The fraction of sp³-hybridized carbons (Fsp3) is 0.741. The van der Waals surface area contributed by atoms with E-state index in [1.807, 2.05) is 36.5 Å². The standard InChI is InChI=1S/C54H90O15/c1-3-5-7-9-11-13-15-17-18-19-20-21-22-23-25-26-28-30-32-34-36-45(56)64-39-42(67-46(57)37-35-33-31-29-27-24-16-14-12-10-8-6-4-2)40-65-53-52(63)50(61)48(59)44(69-53)41-66-54-51(62)49(60)47(58)43(38-55)68-54/h6,8,10,12-18,24,27,42-44,47-55,58-63H,3-5,7,9,11,19-23,25-26,28-41H2,1-2H3/b8-6+,12-10+,15-13+,16-14+,18-17+,27-24+/t42?,43-,44-,47+,48+,49?,50?,51?,52?,53-,54-/m1/s1. The first-order valence-corrected chi connectivity index (χ1v) is 26.1. The van der Waals surface area contributed by atoms with E-state index in [-0.39, 0.29) is 19.4 Å². The minimum absolute atomic E-state index is 0.115. The molecule has 0 aromatic carbocycles. The number of aliphatic hydroxyl groups is 7. The van der Waals surface area contributed by atoms with Gasteiger partial charge in [0, 0.05) is 12.8 Å². The zero-order valence-corrected chi connectivity index (χ0v) is 41.8. The lowest BCUT2D eigenvalue weighted by atomic mass is 9.98. The molecule has 2 aliphatic heterocycles. The van der Waals surface area contributed by atoms with Crippen molar-refractivity contribution in [2.45, 2.75) is 229 Å². The van der Waals surface area contributed by atoms with E-state index in [2.05, 4.69) is 50.3 Å². The Morgan fingerprint density at radius 2 is 0.913 bits per heavy atom. The third kappa shape index (κ3) is 28.5. The summed E-state index contributed by atoms with van der Waals surface area (Å²) in [6.07, 6.45) is 30.8. The van der Waals surface area contributed by atoms with Crippen molar-refractivity contribution in [3.63, 3.8) is 0 Å². The van der Waals surface area contributed by atoms with Crippen molar-refractivity contribution in [1.29, 1.82) is 0 Å². The van der Waals surface area contributed by atoms with Gasteiger partial charge in [-0.2, -0.15) is 0 Å². The number of rotatable bonds is 39. The van der Waals surface area contributed by atoms with Crippen LogP contribution in [0.3, 0.4) is 0 Å². The van der Waals surface area contributed by atoms with Gasteiger partial charge in [0.25, 0.3) is 0 Å². The van der Waals surface area contributed by atoms with E-state index in [1.165, 1.54) is 70.6 Å². The van der Waals surface area contributed by atoms with Crippen LogP contribution in [0.2, 0.25) is 0 Å². The summed E-state index contributed by atoms with van der Waals surface area (Å²) in [5.41, 5.74) is 0. The molecule has 0 bridgehead atoms. The highest BCUT2D eigenvalue weighted by atomic mass is 16.7. The molecule has 0 aromatic heterocycles. The van der Waals surface area contributed by atoms with Crippen LogP contribution in [-0.4, -0.2) is 142 Å². The van der Waals surface area contributed by atoms with Crippen molar-refractivity contribution in [1.82, 2.24) is 0 Å². The average Bonchev–Trinajstić information content (AvgIpc) is 3.34. The number of allylic oxidation sites excluding steroid dienone is 12. The Labute approximate surface area is 412 Å². The second kappa shape index (κ2) is 40.5. The third-order valence-corrected chi connectivity index (χ3v) is 12.0. The normalized spacial score (nSPS) is 26.2. The van der Waals surface area contributed by atoms with Crippen LogP contribution in [0, 0.1) is 0 Å². The van der Waals surface area contributed by atoms with Crippen LogP contribution in [0.4, 0.5) is 0 Å². The topological polar surface area (TPSA) is 231 Å². The van der Waals surface area contributed by atoms with Gasteiger partial charge < -0.3 is 64.2 Å². The molecule has 0 spiro atoms. The SMILES string of the molecule is CC/C=C/C=C/C=C/C=C/CCCCCC(=O)OC(COC(=O)CCCCCCCCCCCC/C=C/C=C/CCCCCC)CO[C@@H]1O[C@H](CO[C@@H]2O[C@H](CO)[C@H](O)C(O)C2O)[C@H](O)C(O)C1O. The lowest BCUT2D eigenvalue weighted by Crippen LogP contribution is -2.61. The summed E-state index contributed by atoms with van der Waals surface area (Å²) in [6, 6.07) is 0. The van der Waals surface area contributed by atoms with Crippen LogP contribution < -0.4 is 0 Å². The monoisotopic (exact) mass is 979 g/mol. The number of carbonyl (C=O) groups excluding carboxylic acids is 2. The molecule has 2 saturated heterocycles. The summed E-state index contributed by atoms with van der Waals surface area (Å²) in [6.45, 7) is 2.37. The molecule has 2 rings (SSSR count). The van der Waals surface area contributed by atoms with Crippen LogP contribution in [0.1, 0.15) is 162 Å². The molecule has 2 heterocycles. The fourth-order valence-electron chi connectivity index (χ4n) is 7.75. The predicted molar refractivity (Wildman–Crippen MR) is 266 cm³/mol. The molecule has 11 atom stereocenters. The van der Waals surface area contributed by atoms with Gasteiger partial charge in [-0.1, -0.05) is 164 Å². The molecule has 5 unspecified atom stereocenters. The van der Waals surface area contributed by atoms with Crippen molar-refractivity contribution in [2.24, 2.45) is 0 Å². The summed E-state index contributed by atoms with van der Waals surface area (Å²) in [5.74, 6) is -0.980. The van der Waals surface area contributed by atoms with Crippen molar-refractivity contribution < 1.29 is 73.8 Å². The lowest BCUT2D eigenvalue weighted by molar-refractivity contribution is -0.332. The van der Waals surface area contributed by atoms with Gasteiger partial charge >= 0.3 is 11.9 Å². The van der Waals surface area contributed by atoms with Gasteiger partial charge in [-0.05, 0) is 57.8 Å². The van der Waals surface area contributed by atoms with Crippen LogP contribution in [0.5, 0.6) is 0 Å². The average molecular weight is 979 g/mol. The molecule has 0 saturated carbocycles. The Bertz CT molecular complexity index is 1480. The Hall–Kier alpha value is -3.06. The van der Waals surface area contributed by atoms with Crippen LogP contribution in [0.25, 0.3) is 0 Å². The number of carbonyl (C=O) groups is 2. The number of hydrogen-bond acceptors (Lipinski definition) is 15. The Kier molecular flexibility index (Phi) is 36.4. The van der Waals surface area contributed by atoms with E-state index in [0.29, 0.717) is 12.8 Å². The molecule has 0 aromatic rings. The summed E-state index contributed by atoms with van der Waals surface area (Å²) in [7, 11) is 0. The minimum Gasteiger partial charge on any atom is -0.462 e. The van der Waals surface area contributed by atoms with Gasteiger partial charge in [0.15, 0.2) is 18.7 Å². The molecular formula is C54H90O15. The van der Waals surface area contributed by atoms with Gasteiger partial charge in [-0.3, -0.25) is 9.59 Å². The van der Waals surface area contributed by atoms with E-state index in [9.17, 15) is 45.3 Å². The fourth-order valence-corrected chi connectivity index (χ4v) is 7.75. The van der Waals surface area contributed by atoms with Crippen LogP contribution in [-0.2, 0) is 38.0 Å². The Morgan fingerprint density at radius 1 is 0.478 bits per heavy atom. The first kappa shape index (κ1) is 62.1. The third-order valence-electron chi connectivity index (χ3n) is 12.0. The second-order valence-corrected chi connectivity index (χ2v) is 18.1. The number of aliphatic hydroxyl groups excluding tert-OH is 7. The summed E-state index contributed by atoms with van der Waals surface area (Å²) in [5, 5.41) is 72.1. The molecule has 0 aliphatic carbocycles. The van der Waals surface area contributed by atoms with Crippen molar-refractivity contribution >= 4 is 11.9 Å². The van der Waals surface area contributed by atoms with Crippen LogP contribution in [0.15, 0.2) is 72.9 Å². The van der Waals surface area contributed by atoms with E-state index in [1.54, 1.807) is 0 Å². The van der Waals surface area contributed by atoms with Gasteiger partial charge in [-0.25, -0.2) is 0 Å². The number of hydrogen-bond donors (Lipinski definition) is 7. The molecule has 2 fully saturated rings. The number of unbranched alkanes of at least 4 members (excludes halogenated alkanes) is 17. The number of ether oxygens (including phenoxy) is 6. The van der Waals surface area contributed by atoms with Gasteiger partial charge in [-0.15, -0.1) is 0 Å². The summed E-state index contributed by atoms with van der Waals surface area (Å²) < 4.78 is 33.5. The quantitative estimate of drug-likeness (QED) is 0.0180. The highest BCUT2D eigenvalue weighted by Crippen LogP contribution is 2.26. The first-order valence-electron chi connectivity index (χ1n) is 26.1. The minimum atomic E-state index is -1.78. The van der Waals surface area contributed by atoms with Crippen molar-refractivity contribution in [3.8, 4) is 0 Å². The molecule has 7 N–H and O–H groups in total. The van der Waals surface area contributed by atoms with Gasteiger partial charge in [0.2, 0.25) is 0 Å². The molecule has 15 heteroatoms. The van der Waals surface area contributed by atoms with E-state index in [0.717, 1.165) is 51.4 Å². The Morgan fingerprint density at radius 3 is 1.46 bits per heavy atom. The number of esters is 2. The second-order valence-electron chi connectivity index (χ2n) is 18.1. The maximum absolute atomic E-state index is 13.0. The Balaban J connectivity index is 1.79. The summed E-state index contributed by atoms with van der Waals surface area (Å²) >= 11 is 0. The van der Waals surface area contributed by atoms with E-state index >= 15 is 0 Å². The van der Waals surface area contributed by atoms with Crippen LogP contribution >= 0.6 is 0 Å². The zero-order valence-electron chi connectivity index (χ0n) is 41.8. The molecular weight excluding hydrogens is 889 g/mol. The molecule has 2 aliphatic rings. The van der Waals surface area contributed by atoms with Gasteiger partial charge in [0.05, 0.1) is 19.8 Å². The molecule has 15 nitrogen and oxygen atoms in total.